The number of hydrogen-bond acceptors (Lipinski definition) is 4. The molecule has 0 radical (unpaired) electrons. The zero-order valence-corrected chi connectivity index (χ0v) is 14.1. The highest BCUT2D eigenvalue weighted by Gasteiger charge is 2.16. The van der Waals surface area contributed by atoms with Gasteiger partial charge in [-0.15, -0.1) is 0 Å². The van der Waals surface area contributed by atoms with Gasteiger partial charge in [0.05, 0.1) is 31.0 Å². The van der Waals surface area contributed by atoms with Crippen LogP contribution in [0.5, 0.6) is 0 Å². The minimum atomic E-state index is -0.0857. The van der Waals surface area contributed by atoms with Crippen LogP contribution in [0.2, 0.25) is 5.02 Å². The van der Waals surface area contributed by atoms with Gasteiger partial charge in [0.2, 0.25) is 5.91 Å². The summed E-state index contributed by atoms with van der Waals surface area (Å²) in [5, 5.41) is 3.63. The highest BCUT2D eigenvalue weighted by Crippen LogP contribution is 2.29. The van der Waals surface area contributed by atoms with Crippen molar-refractivity contribution in [3.05, 3.63) is 53.1 Å². The summed E-state index contributed by atoms with van der Waals surface area (Å²) in [6, 6.07) is 12.9. The molecule has 2 aromatic rings. The normalized spacial score (nSPS) is 14.5. The lowest BCUT2D eigenvalue weighted by atomic mass is 10.1. The molecule has 24 heavy (non-hydrogen) atoms. The molecule has 1 fully saturated rings. The molecule has 2 aromatic carbocycles. The number of halogens is 1. The number of nitrogen functional groups attached to an aromatic ring is 1. The maximum atomic E-state index is 12.4. The molecule has 3 N–H and O–H groups in total. The van der Waals surface area contributed by atoms with Gasteiger partial charge in [-0.3, -0.25) is 4.79 Å². The van der Waals surface area contributed by atoms with Gasteiger partial charge in [-0.25, -0.2) is 0 Å². The number of anilines is 3. The van der Waals surface area contributed by atoms with Gasteiger partial charge in [0.25, 0.3) is 0 Å². The van der Waals surface area contributed by atoms with Crippen molar-refractivity contribution in [3.8, 4) is 0 Å². The summed E-state index contributed by atoms with van der Waals surface area (Å²) in [4.78, 5) is 14.6. The molecule has 1 aliphatic rings. The van der Waals surface area contributed by atoms with Crippen LogP contribution in [-0.4, -0.2) is 32.2 Å². The molecule has 1 saturated heterocycles. The summed E-state index contributed by atoms with van der Waals surface area (Å²) < 4.78 is 5.39. The fraction of sp³-hybridized carbons (Fsp3) is 0.278. The van der Waals surface area contributed by atoms with E-state index in [-0.39, 0.29) is 12.3 Å². The van der Waals surface area contributed by atoms with E-state index in [4.69, 9.17) is 22.1 Å². The lowest BCUT2D eigenvalue weighted by Crippen LogP contribution is -2.36. The van der Waals surface area contributed by atoms with E-state index < -0.39 is 0 Å². The summed E-state index contributed by atoms with van der Waals surface area (Å²) in [7, 11) is 0. The second-order valence-electron chi connectivity index (χ2n) is 5.73. The molecule has 0 aliphatic carbocycles. The molecule has 126 valence electrons. The van der Waals surface area contributed by atoms with Crippen LogP contribution >= 0.6 is 11.6 Å². The van der Waals surface area contributed by atoms with Gasteiger partial charge in [0.1, 0.15) is 0 Å². The van der Waals surface area contributed by atoms with Gasteiger partial charge in [-0.2, -0.15) is 0 Å². The van der Waals surface area contributed by atoms with Crippen molar-refractivity contribution in [2.24, 2.45) is 0 Å². The number of ether oxygens (including phenoxy) is 1. The first-order valence-corrected chi connectivity index (χ1v) is 8.26. The second kappa shape index (κ2) is 7.55. The molecule has 0 atom stereocenters. The van der Waals surface area contributed by atoms with Crippen molar-refractivity contribution in [2.75, 3.05) is 42.3 Å². The fourth-order valence-corrected chi connectivity index (χ4v) is 2.84. The van der Waals surface area contributed by atoms with Crippen molar-refractivity contribution >= 4 is 34.6 Å². The van der Waals surface area contributed by atoms with Gasteiger partial charge in [0.15, 0.2) is 0 Å². The minimum Gasteiger partial charge on any atom is -0.399 e. The average molecular weight is 346 g/mol. The number of hydrogen-bond donors (Lipinski definition) is 2. The third-order valence-corrected chi connectivity index (χ3v) is 4.18. The Hall–Kier alpha value is -2.24. The molecule has 1 aliphatic heterocycles. The third-order valence-electron chi connectivity index (χ3n) is 3.92. The van der Waals surface area contributed by atoms with Crippen LogP contribution in [0.3, 0.4) is 0 Å². The summed E-state index contributed by atoms with van der Waals surface area (Å²) >= 11 is 5.87. The van der Waals surface area contributed by atoms with Crippen LogP contribution in [0, 0.1) is 0 Å². The average Bonchev–Trinajstić information content (AvgIpc) is 2.58. The molecule has 3 rings (SSSR count). The number of carbonyl (C=O) groups is 1. The lowest BCUT2D eigenvalue weighted by Gasteiger charge is -2.30. The number of carbonyl (C=O) groups excluding carboxylic acids is 1. The Bertz CT molecular complexity index is 713. The number of nitrogens with zero attached hydrogens (tertiary/aromatic N) is 1. The zero-order valence-electron chi connectivity index (χ0n) is 13.3. The van der Waals surface area contributed by atoms with E-state index in [0.717, 1.165) is 30.0 Å². The van der Waals surface area contributed by atoms with Crippen molar-refractivity contribution in [1.29, 1.82) is 0 Å². The molecular weight excluding hydrogens is 326 g/mol. The monoisotopic (exact) mass is 345 g/mol. The zero-order chi connectivity index (χ0) is 16.9. The Morgan fingerprint density at radius 3 is 2.58 bits per heavy atom. The van der Waals surface area contributed by atoms with E-state index in [2.05, 4.69) is 10.2 Å². The molecule has 0 saturated carbocycles. The molecule has 6 heteroatoms. The number of morpholine rings is 1. The maximum absolute atomic E-state index is 12.4. The standard InChI is InChI=1S/C18H20ClN3O2/c19-14-3-1-13(2-4-14)11-18(23)21-16-12-15(20)5-6-17(16)22-7-9-24-10-8-22/h1-6,12H,7-11,20H2,(H,21,23). The number of amides is 1. The van der Waals surface area contributed by atoms with E-state index >= 15 is 0 Å². The summed E-state index contributed by atoms with van der Waals surface area (Å²) in [6.07, 6.45) is 0.286. The minimum absolute atomic E-state index is 0.0857. The Kier molecular flexibility index (Phi) is 5.23. The Balaban J connectivity index is 1.74. The first-order valence-electron chi connectivity index (χ1n) is 7.88. The summed E-state index contributed by atoms with van der Waals surface area (Å²) in [5.41, 5.74) is 9.12. The quantitative estimate of drug-likeness (QED) is 0.836. The van der Waals surface area contributed by atoms with E-state index in [0.29, 0.717) is 23.9 Å². The largest absolute Gasteiger partial charge is 0.399 e. The fourth-order valence-electron chi connectivity index (χ4n) is 2.72. The predicted octanol–water partition coefficient (Wildman–Crippen LogP) is 2.94. The van der Waals surface area contributed by atoms with Crippen LogP contribution < -0.4 is 16.0 Å². The van der Waals surface area contributed by atoms with Crippen LogP contribution in [0.4, 0.5) is 17.1 Å². The predicted molar refractivity (Wildman–Crippen MR) is 97.7 cm³/mol. The molecule has 1 heterocycles. The smallest absolute Gasteiger partial charge is 0.228 e. The number of rotatable bonds is 4. The lowest BCUT2D eigenvalue weighted by molar-refractivity contribution is -0.115. The SMILES string of the molecule is Nc1ccc(N2CCOCC2)c(NC(=O)Cc2ccc(Cl)cc2)c1. The van der Waals surface area contributed by atoms with Crippen LogP contribution in [0.25, 0.3) is 0 Å². The first-order chi connectivity index (χ1) is 11.6. The molecular formula is C18H20ClN3O2. The molecule has 0 unspecified atom stereocenters. The molecule has 0 spiro atoms. The molecule has 5 nitrogen and oxygen atoms in total. The van der Waals surface area contributed by atoms with E-state index in [1.807, 2.05) is 24.3 Å². The van der Waals surface area contributed by atoms with Gasteiger partial charge < -0.3 is 20.7 Å². The molecule has 1 amide bonds. The molecule has 0 aromatic heterocycles. The first kappa shape index (κ1) is 16.6. The maximum Gasteiger partial charge on any atom is 0.228 e. The molecule has 0 bridgehead atoms. The van der Waals surface area contributed by atoms with Crippen LogP contribution in [0.15, 0.2) is 42.5 Å². The van der Waals surface area contributed by atoms with Gasteiger partial charge in [-0.05, 0) is 35.9 Å². The van der Waals surface area contributed by atoms with E-state index in [1.54, 1.807) is 18.2 Å². The van der Waals surface area contributed by atoms with Crippen molar-refractivity contribution < 1.29 is 9.53 Å². The summed E-state index contributed by atoms with van der Waals surface area (Å²) in [6.45, 7) is 2.96. The Labute approximate surface area is 146 Å². The highest BCUT2D eigenvalue weighted by molar-refractivity contribution is 6.30. The summed E-state index contributed by atoms with van der Waals surface area (Å²) in [5.74, 6) is -0.0857. The van der Waals surface area contributed by atoms with Crippen molar-refractivity contribution in [2.45, 2.75) is 6.42 Å². The topological polar surface area (TPSA) is 67.6 Å². The van der Waals surface area contributed by atoms with E-state index in [1.165, 1.54) is 0 Å². The van der Waals surface area contributed by atoms with Gasteiger partial charge in [-0.1, -0.05) is 23.7 Å². The van der Waals surface area contributed by atoms with Gasteiger partial charge in [0, 0.05) is 23.8 Å². The Morgan fingerprint density at radius 1 is 1.17 bits per heavy atom. The second-order valence-corrected chi connectivity index (χ2v) is 6.16. The van der Waals surface area contributed by atoms with Crippen LogP contribution in [0.1, 0.15) is 5.56 Å². The third kappa shape index (κ3) is 4.19. The Morgan fingerprint density at radius 2 is 1.88 bits per heavy atom. The van der Waals surface area contributed by atoms with Gasteiger partial charge >= 0.3 is 0 Å². The number of nitrogens with one attached hydrogen (secondary N) is 1. The van der Waals surface area contributed by atoms with Crippen LogP contribution in [-0.2, 0) is 16.0 Å². The van der Waals surface area contributed by atoms with E-state index in [9.17, 15) is 4.79 Å². The number of nitrogens with two attached hydrogens (primary N) is 1. The van der Waals surface area contributed by atoms with Crippen molar-refractivity contribution in [1.82, 2.24) is 0 Å². The number of benzene rings is 2. The van der Waals surface area contributed by atoms with Crippen molar-refractivity contribution in [3.63, 3.8) is 0 Å². The highest BCUT2D eigenvalue weighted by atomic mass is 35.5.